The van der Waals surface area contributed by atoms with Gasteiger partial charge in [0.1, 0.15) is 0 Å². The number of rotatable bonds is 6. The molecule has 6 nitrogen and oxygen atoms in total. The minimum absolute atomic E-state index is 0.0137. The van der Waals surface area contributed by atoms with E-state index in [1.807, 2.05) is 60.3 Å². The van der Waals surface area contributed by atoms with Crippen molar-refractivity contribution in [3.8, 4) is 16.9 Å². The number of hydrogen-bond acceptors (Lipinski definition) is 4. The van der Waals surface area contributed by atoms with Crippen LogP contribution < -0.4 is 10.6 Å². The molecule has 1 amide bonds. The molecule has 3 heterocycles. The van der Waals surface area contributed by atoms with Gasteiger partial charge in [-0.15, -0.1) is 0 Å². The molecule has 2 N–H and O–H groups in total. The van der Waals surface area contributed by atoms with E-state index in [0.29, 0.717) is 12.5 Å². The quantitative estimate of drug-likeness (QED) is 0.707. The average Bonchev–Trinajstić information content (AvgIpc) is 3.10. The van der Waals surface area contributed by atoms with Gasteiger partial charge in [0.25, 0.3) is 0 Å². The van der Waals surface area contributed by atoms with Crippen LogP contribution in [0.4, 0.5) is 0 Å². The number of para-hydroxylation sites is 1. The Balaban J connectivity index is 1.58. The van der Waals surface area contributed by atoms with Crippen molar-refractivity contribution in [2.75, 3.05) is 13.1 Å². The molecular weight excluding hydrogens is 338 g/mol. The number of nitrogens with zero attached hydrogens (tertiary/aromatic N) is 3. The maximum atomic E-state index is 12.5. The van der Waals surface area contributed by atoms with Gasteiger partial charge in [0.05, 0.1) is 11.4 Å². The highest BCUT2D eigenvalue weighted by molar-refractivity contribution is 5.79. The van der Waals surface area contributed by atoms with Crippen molar-refractivity contribution in [1.82, 2.24) is 25.4 Å². The van der Waals surface area contributed by atoms with E-state index in [1.54, 1.807) is 12.4 Å². The molecule has 1 fully saturated rings. The van der Waals surface area contributed by atoms with Crippen LogP contribution in [0.2, 0.25) is 0 Å². The molecule has 0 saturated carbocycles. The minimum Gasteiger partial charge on any atom is -0.352 e. The number of pyridine rings is 1. The highest BCUT2D eigenvalue weighted by Crippen LogP contribution is 2.23. The van der Waals surface area contributed by atoms with Crippen molar-refractivity contribution < 1.29 is 4.79 Å². The van der Waals surface area contributed by atoms with Gasteiger partial charge in [-0.3, -0.25) is 9.78 Å². The first-order valence-corrected chi connectivity index (χ1v) is 9.25. The fourth-order valence-corrected chi connectivity index (χ4v) is 3.23. The fourth-order valence-electron chi connectivity index (χ4n) is 3.23. The van der Waals surface area contributed by atoms with Crippen LogP contribution >= 0.6 is 0 Å². The summed E-state index contributed by atoms with van der Waals surface area (Å²) in [4.78, 5) is 16.6. The molecule has 1 unspecified atom stereocenters. The van der Waals surface area contributed by atoms with Gasteiger partial charge in [0.2, 0.25) is 5.91 Å². The number of benzene rings is 1. The lowest BCUT2D eigenvalue weighted by molar-refractivity contribution is -0.126. The zero-order valence-corrected chi connectivity index (χ0v) is 15.3. The molecule has 2 aromatic heterocycles. The topological polar surface area (TPSA) is 71.8 Å². The molecule has 27 heavy (non-hydrogen) atoms. The van der Waals surface area contributed by atoms with E-state index in [4.69, 9.17) is 5.10 Å². The number of carbonyl (C=O) groups excluding carboxylic acids is 1. The minimum atomic E-state index is 0.0137. The Kier molecular flexibility index (Phi) is 4.98. The monoisotopic (exact) mass is 361 g/mol. The number of hydrogen-bond donors (Lipinski definition) is 2. The van der Waals surface area contributed by atoms with Crippen LogP contribution in [0.5, 0.6) is 0 Å². The van der Waals surface area contributed by atoms with E-state index in [-0.39, 0.29) is 11.8 Å². The van der Waals surface area contributed by atoms with Crippen molar-refractivity contribution >= 4 is 5.91 Å². The fraction of sp³-hybridized carbons (Fsp3) is 0.286. The van der Waals surface area contributed by atoms with E-state index in [0.717, 1.165) is 35.6 Å². The third-order valence-electron chi connectivity index (χ3n) is 5.15. The molecule has 138 valence electrons. The highest BCUT2D eigenvalue weighted by atomic mass is 16.1. The second-order valence-corrected chi connectivity index (χ2v) is 6.94. The highest BCUT2D eigenvalue weighted by Gasteiger charge is 2.28. The number of carbonyl (C=O) groups is 1. The summed E-state index contributed by atoms with van der Waals surface area (Å²) in [5.41, 5.74) is 3.82. The predicted octanol–water partition coefficient (Wildman–Crippen LogP) is 2.41. The maximum absolute atomic E-state index is 12.5. The Hall–Kier alpha value is -2.99. The third kappa shape index (κ3) is 3.75. The molecule has 3 aromatic rings. The zero-order chi connectivity index (χ0) is 18.6. The summed E-state index contributed by atoms with van der Waals surface area (Å²) in [5, 5.41) is 11.1. The van der Waals surface area contributed by atoms with Gasteiger partial charge in [-0.25, -0.2) is 4.68 Å². The number of nitrogens with one attached hydrogen (secondary N) is 2. The zero-order valence-electron chi connectivity index (χ0n) is 15.3. The second kappa shape index (κ2) is 7.72. The number of amides is 1. The molecule has 6 heteroatoms. The van der Waals surface area contributed by atoms with Crippen LogP contribution in [0.3, 0.4) is 0 Å². The van der Waals surface area contributed by atoms with Crippen molar-refractivity contribution in [3.63, 3.8) is 0 Å². The lowest BCUT2D eigenvalue weighted by Crippen LogP contribution is -2.49. The molecule has 1 saturated heterocycles. The van der Waals surface area contributed by atoms with Gasteiger partial charge in [0, 0.05) is 42.2 Å². The molecule has 0 bridgehead atoms. The standard InChI is InChI=1S/C21H23N5O/c1-15(17-11-23-12-17)21(27)24-13-18-14-26(19-5-3-2-4-6-19)25-20(18)16-7-9-22-10-8-16/h2-10,14-15,17,23H,11-13H2,1H3,(H,24,27). The maximum Gasteiger partial charge on any atom is 0.223 e. The number of aromatic nitrogens is 3. The largest absolute Gasteiger partial charge is 0.352 e. The summed E-state index contributed by atoms with van der Waals surface area (Å²) in [5.74, 6) is 0.533. The summed E-state index contributed by atoms with van der Waals surface area (Å²) in [6.07, 6.45) is 5.50. The van der Waals surface area contributed by atoms with Crippen molar-refractivity contribution in [2.45, 2.75) is 13.5 Å². The van der Waals surface area contributed by atoms with Gasteiger partial charge in [-0.2, -0.15) is 5.10 Å². The van der Waals surface area contributed by atoms with Crippen molar-refractivity contribution in [2.24, 2.45) is 11.8 Å². The molecule has 4 rings (SSSR count). The third-order valence-corrected chi connectivity index (χ3v) is 5.15. The molecule has 1 atom stereocenters. The van der Waals surface area contributed by atoms with Gasteiger partial charge < -0.3 is 10.6 Å². The Morgan fingerprint density at radius 3 is 2.63 bits per heavy atom. The van der Waals surface area contributed by atoms with E-state index < -0.39 is 0 Å². The summed E-state index contributed by atoms with van der Waals surface area (Å²) in [7, 11) is 0. The van der Waals surface area contributed by atoms with Crippen molar-refractivity contribution in [1.29, 1.82) is 0 Å². The van der Waals surface area contributed by atoms with Crippen molar-refractivity contribution in [3.05, 3.63) is 66.6 Å². The Labute approximate surface area is 158 Å². The van der Waals surface area contributed by atoms with Gasteiger partial charge >= 0.3 is 0 Å². The van der Waals surface area contributed by atoms with E-state index >= 15 is 0 Å². The molecule has 1 aliphatic rings. The lowest BCUT2D eigenvalue weighted by atomic mass is 9.88. The summed E-state index contributed by atoms with van der Waals surface area (Å²) < 4.78 is 1.86. The SMILES string of the molecule is CC(C(=O)NCc1cn(-c2ccccc2)nc1-c1ccncc1)C1CNC1. The molecule has 1 aromatic carbocycles. The van der Waals surface area contributed by atoms with Crippen LogP contribution in [0.15, 0.2) is 61.1 Å². The van der Waals surface area contributed by atoms with Crippen LogP contribution in [-0.2, 0) is 11.3 Å². The Bertz CT molecular complexity index is 903. The van der Waals surface area contributed by atoms with Gasteiger partial charge in [-0.05, 0) is 43.3 Å². The first kappa shape index (κ1) is 17.4. The van der Waals surface area contributed by atoms with Crippen LogP contribution in [-0.4, -0.2) is 33.8 Å². The summed E-state index contributed by atoms with van der Waals surface area (Å²) in [6.45, 7) is 4.29. The Morgan fingerprint density at radius 1 is 1.22 bits per heavy atom. The van der Waals surface area contributed by atoms with Crippen LogP contribution in [0.25, 0.3) is 16.9 Å². The average molecular weight is 361 g/mol. The van der Waals surface area contributed by atoms with Crippen LogP contribution in [0, 0.1) is 11.8 Å². The van der Waals surface area contributed by atoms with Crippen LogP contribution in [0.1, 0.15) is 12.5 Å². The molecular formula is C21H23N5O. The smallest absolute Gasteiger partial charge is 0.223 e. The molecule has 0 radical (unpaired) electrons. The summed E-state index contributed by atoms with van der Waals surface area (Å²) >= 11 is 0. The van der Waals surface area contributed by atoms with E-state index in [2.05, 4.69) is 15.6 Å². The second-order valence-electron chi connectivity index (χ2n) is 6.94. The molecule has 1 aliphatic heterocycles. The summed E-state index contributed by atoms with van der Waals surface area (Å²) in [6, 6.07) is 13.8. The van der Waals surface area contributed by atoms with Gasteiger partial charge in [0.15, 0.2) is 0 Å². The van der Waals surface area contributed by atoms with E-state index in [1.165, 1.54) is 0 Å². The first-order valence-electron chi connectivity index (χ1n) is 9.25. The lowest BCUT2D eigenvalue weighted by Gasteiger charge is -2.31. The Morgan fingerprint density at radius 2 is 1.96 bits per heavy atom. The predicted molar refractivity (Wildman–Crippen MR) is 104 cm³/mol. The first-order chi connectivity index (χ1) is 13.2. The molecule has 0 aliphatic carbocycles. The normalized spacial score (nSPS) is 15.1. The molecule has 0 spiro atoms. The van der Waals surface area contributed by atoms with Gasteiger partial charge in [-0.1, -0.05) is 25.1 Å². The van der Waals surface area contributed by atoms with E-state index in [9.17, 15) is 4.79 Å².